The molecule has 0 saturated carbocycles. The Labute approximate surface area is 125 Å². The van der Waals surface area contributed by atoms with Gasteiger partial charge in [-0.05, 0) is 38.4 Å². The van der Waals surface area contributed by atoms with Crippen molar-refractivity contribution < 1.29 is 9.53 Å². The average Bonchev–Trinajstić information content (AvgIpc) is 2.46. The third kappa shape index (κ3) is 2.91. The van der Waals surface area contributed by atoms with Crippen molar-refractivity contribution in [3.63, 3.8) is 0 Å². The number of carbonyl (C=O) groups excluding carboxylic acids is 1. The first-order valence-corrected chi connectivity index (χ1v) is 7.02. The third-order valence-electron chi connectivity index (χ3n) is 3.97. The zero-order valence-corrected chi connectivity index (χ0v) is 12.5. The molecule has 0 bridgehead atoms. The normalized spacial score (nSPS) is 25.1. The summed E-state index contributed by atoms with van der Waals surface area (Å²) in [6.45, 7) is 4.33. The molecule has 110 valence electrons. The highest BCUT2D eigenvalue weighted by atomic mass is 35.5. The molecule has 0 aromatic heterocycles. The van der Waals surface area contributed by atoms with Crippen molar-refractivity contribution in [3.8, 4) is 5.75 Å². The quantitative estimate of drug-likeness (QED) is 0.864. The molecule has 1 amide bonds. The Morgan fingerprint density at radius 1 is 1.40 bits per heavy atom. The van der Waals surface area contributed by atoms with Crippen LogP contribution >= 0.6 is 12.4 Å². The van der Waals surface area contributed by atoms with Crippen LogP contribution in [0.2, 0.25) is 0 Å². The van der Waals surface area contributed by atoms with Crippen LogP contribution in [0, 0.1) is 5.92 Å². The van der Waals surface area contributed by atoms with Gasteiger partial charge in [0.2, 0.25) is 5.91 Å². The number of nitrogens with zero attached hydrogens (tertiary/aromatic N) is 1. The van der Waals surface area contributed by atoms with Gasteiger partial charge in [-0.15, -0.1) is 12.4 Å². The lowest BCUT2D eigenvalue weighted by molar-refractivity contribution is -0.123. The van der Waals surface area contributed by atoms with Gasteiger partial charge in [-0.2, -0.15) is 0 Å². The topological polar surface area (TPSA) is 41.6 Å². The molecule has 0 spiro atoms. The smallest absolute Gasteiger partial charge is 0.230 e. The second kappa shape index (κ2) is 6.46. The Morgan fingerprint density at radius 2 is 2.20 bits per heavy atom. The Hall–Kier alpha value is -1.26. The number of fused-ring (bicyclic) bond motifs is 1. The van der Waals surface area contributed by atoms with Crippen molar-refractivity contribution in [1.29, 1.82) is 0 Å². The van der Waals surface area contributed by atoms with E-state index in [1.165, 1.54) is 0 Å². The van der Waals surface area contributed by atoms with Crippen LogP contribution in [-0.4, -0.2) is 31.6 Å². The summed E-state index contributed by atoms with van der Waals surface area (Å²) in [5.74, 6) is 1.22. The lowest BCUT2D eigenvalue weighted by atomic mass is 9.91. The maximum absolute atomic E-state index is 12.7. The summed E-state index contributed by atoms with van der Waals surface area (Å²) in [4.78, 5) is 14.6. The van der Waals surface area contributed by atoms with Crippen LogP contribution < -0.4 is 15.0 Å². The molecule has 1 saturated heterocycles. The first-order valence-electron chi connectivity index (χ1n) is 7.02. The molecule has 2 aliphatic rings. The average molecular weight is 297 g/mol. The van der Waals surface area contributed by atoms with Gasteiger partial charge in [0.25, 0.3) is 0 Å². The summed E-state index contributed by atoms with van der Waals surface area (Å²) in [5, 5.41) is 3.39. The molecule has 1 aromatic rings. The van der Waals surface area contributed by atoms with E-state index in [9.17, 15) is 4.79 Å². The molecular formula is C15H21ClN2O2. The first kappa shape index (κ1) is 15.1. The number of piperidine rings is 1. The van der Waals surface area contributed by atoms with Gasteiger partial charge in [0.1, 0.15) is 12.4 Å². The Kier molecular flexibility index (Phi) is 4.89. The maximum Gasteiger partial charge on any atom is 0.230 e. The van der Waals surface area contributed by atoms with E-state index in [1.807, 2.05) is 29.2 Å². The predicted octanol–water partition coefficient (Wildman–Crippen LogP) is 2.22. The fraction of sp³-hybridized carbons (Fsp3) is 0.533. The van der Waals surface area contributed by atoms with Crippen LogP contribution in [0.15, 0.2) is 24.3 Å². The number of rotatable bonds is 1. The van der Waals surface area contributed by atoms with E-state index < -0.39 is 0 Å². The summed E-state index contributed by atoms with van der Waals surface area (Å²) < 4.78 is 5.61. The number of halogens is 1. The molecule has 0 unspecified atom stereocenters. The minimum absolute atomic E-state index is 0. The number of benzene rings is 1. The van der Waals surface area contributed by atoms with E-state index in [2.05, 4.69) is 12.2 Å². The van der Waals surface area contributed by atoms with Gasteiger partial charge >= 0.3 is 0 Å². The van der Waals surface area contributed by atoms with Gasteiger partial charge in [0.05, 0.1) is 12.2 Å². The molecule has 5 heteroatoms. The molecular weight excluding hydrogens is 276 g/mol. The number of anilines is 1. The molecule has 0 aliphatic carbocycles. The van der Waals surface area contributed by atoms with Gasteiger partial charge in [-0.3, -0.25) is 4.79 Å². The Morgan fingerprint density at radius 3 is 3.00 bits per heavy atom. The Balaban J connectivity index is 0.00000147. The molecule has 4 nitrogen and oxygen atoms in total. The number of hydrogen-bond donors (Lipinski definition) is 1. The van der Waals surface area contributed by atoms with E-state index in [1.54, 1.807) is 0 Å². The zero-order chi connectivity index (χ0) is 13.2. The third-order valence-corrected chi connectivity index (χ3v) is 3.97. The summed E-state index contributed by atoms with van der Waals surface area (Å²) in [5.41, 5.74) is 0.921. The van der Waals surface area contributed by atoms with Gasteiger partial charge < -0.3 is 15.0 Å². The maximum atomic E-state index is 12.7. The van der Waals surface area contributed by atoms with Crippen LogP contribution in [0.25, 0.3) is 0 Å². The highest BCUT2D eigenvalue weighted by molar-refractivity contribution is 5.96. The zero-order valence-electron chi connectivity index (χ0n) is 11.7. The second-order valence-electron chi connectivity index (χ2n) is 5.38. The van der Waals surface area contributed by atoms with E-state index in [0.29, 0.717) is 19.2 Å². The minimum Gasteiger partial charge on any atom is -0.490 e. The fourth-order valence-electron chi connectivity index (χ4n) is 2.98. The first-order chi connectivity index (χ1) is 9.25. The molecule has 1 fully saturated rings. The number of ether oxygens (including phenoxy) is 1. The standard InChI is InChI=1S/C15H20N2O2.ClH/c1-11-10-12(6-7-16-11)15(18)17-8-9-19-14-5-3-2-4-13(14)17;/h2-5,11-12,16H,6-10H2,1H3;1H/t11-,12-;/m0./s1. The molecule has 3 rings (SSSR count). The van der Waals surface area contributed by atoms with Crippen molar-refractivity contribution in [2.75, 3.05) is 24.6 Å². The molecule has 1 aromatic carbocycles. The lowest BCUT2D eigenvalue weighted by Gasteiger charge is -2.35. The predicted molar refractivity (Wildman–Crippen MR) is 81.7 cm³/mol. The number of hydrogen-bond acceptors (Lipinski definition) is 3. The Bertz CT molecular complexity index is 481. The van der Waals surface area contributed by atoms with Crippen molar-refractivity contribution in [2.45, 2.75) is 25.8 Å². The number of carbonyl (C=O) groups is 1. The highest BCUT2D eigenvalue weighted by Gasteiger charge is 2.31. The van der Waals surface area contributed by atoms with Crippen molar-refractivity contribution in [2.24, 2.45) is 5.92 Å². The van der Waals surface area contributed by atoms with Gasteiger partial charge in [0.15, 0.2) is 0 Å². The SMILES string of the molecule is C[C@H]1C[C@@H](C(=O)N2CCOc3ccccc32)CCN1.Cl. The van der Waals surface area contributed by atoms with Gasteiger partial charge in [0, 0.05) is 12.0 Å². The molecule has 2 aliphatic heterocycles. The lowest BCUT2D eigenvalue weighted by Crippen LogP contribution is -2.46. The summed E-state index contributed by atoms with van der Waals surface area (Å²) in [7, 11) is 0. The molecule has 0 radical (unpaired) electrons. The summed E-state index contributed by atoms with van der Waals surface area (Å²) >= 11 is 0. The monoisotopic (exact) mass is 296 g/mol. The van der Waals surface area contributed by atoms with Crippen LogP contribution in [-0.2, 0) is 4.79 Å². The number of nitrogens with one attached hydrogen (secondary N) is 1. The van der Waals surface area contributed by atoms with Crippen LogP contribution in [0.4, 0.5) is 5.69 Å². The highest BCUT2D eigenvalue weighted by Crippen LogP contribution is 2.33. The number of amides is 1. The molecule has 2 heterocycles. The molecule has 2 atom stereocenters. The van der Waals surface area contributed by atoms with Crippen molar-refractivity contribution in [3.05, 3.63) is 24.3 Å². The van der Waals surface area contributed by atoms with E-state index in [-0.39, 0.29) is 24.2 Å². The van der Waals surface area contributed by atoms with Crippen molar-refractivity contribution in [1.82, 2.24) is 5.32 Å². The van der Waals surface area contributed by atoms with Crippen molar-refractivity contribution >= 4 is 24.0 Å². The van der Waals surface area contributed by atoms with Crippen LogP contribution in [0.5, 0.6) is 5.75 Å². The van der Waals surface area contributed by atoms with Crippen LogP contribution in [0.1, 0.15) is 19.8 Å². The fourth-order valence-corrected chi connectivity index (χ4v) is 2.98. The van der Waals surface area contributed by atoms with E-state index in [0.717, 1.165) is 30.8 Å². The minimum atomic E-state index is 0. The van der Waals surface area contributed by atoms with Crippen LogP contribution in [0.3, 0.4) is 0 Å². The van der Waals surface area contributed by atoms with E-state index >= 15 is 0 Å². The summed E-state index contributed by atoms with van der Waals surface area (Å²) in [6.07, 6.45) is 1.86. The largest absolute Gasteiger partial charge is 0.490 e. The van der Waals surface area contributed by atoms with Gasteiger partial charge in [-0.1, -0.05) is 12.1 Å². The second-order valence-corrected chi connectivity index (χ2v) is 5.38. The summed E-state index contributed by atoms with van der Waals surface area (Å²) in [6, 6.07) is 8.23. The van der Waals surface area contributed by atoms with Gasteiger partial charge in [-0.25, -0.2) is 0 Å². The molecule has 1 N–H and O–H groups in total. The van der Waals surface area contributed by atoms with E-state index in [4.69, 9.17) is 4.74 Å². The number of para-hydroxylation sites is 2. The molecule has 20 heavy (non-hydrogen) atoms.